The van der Waals surface area contributed by atoms with Gasteiger partial charge in [-0.2, -0.15) is 0 Å². The lowest BCUT2D eigenvalue weighted by Crippen LogP contribution is -2.36. The third-order valence-corrected chi connectivity index (χ3v) is 1.27. The molecule has 0 aliphatic carbocycles. The Hall–Kier alpha value is -0.240. The summed E-state index contributed by atoms with van der Waals surface area (Å²) in [6.45, 7) is 3.89. The van der Waals surface area contributed by atoms with Crippen LogP contribution < -0.4 is 0 Å². The lowest BCUT2D eigenvalue weighted by Gasteiger charge is -2.17. The molecule has 0 aliphatic rings. The lowest BCUT2D eigenvalue weighted by atomic mass is 10.2. The molecule has 0 spiro atoms. The topological polar surface area (TPSA) is 121 Å². The average Bonchev–Trinajstić information content (AvgIpc) is 1.85. The monoisotopic (exact) mass is 198 g/mol. The summed E-state index contributed by atoms with van der Waals surface area (Å²) in [5.74, 6) is -4.40. The zero-order chi connectivity index (χ0) is 11.3. The number of rotatable bonds is 2. The summed E-state index contributed by atoms with van der Waals surface area (Å²) >= 11 is 0. The van der Waals surface area contributed by atoms with Crippen LogP contribution in [0.25, 0.3) is 0 Å². The summed E-state index contributed by atoms with van der Waals surface area (Å²) in [7, 11) is 0. The molecular formula is C7H18O6. The molecule has 0 heterocycles. The molecule has 0 bridgehead atoms. The van der Waals surface area contributed by atoms with Crippen LogP contribution in [0.5, 0.6) is 0 Å². The van der Waals surface area contributed by atoms with E-state index in [0.29, 0.717) is 0 Å². The summed E-state index contributed by atoms with van der Waals surface area (Å²) in [5, 5.41) is 49.0. The Morgan fingerprint density at radius 1 is 1.08 bits per heavy atom. The number of hydrogen-bond acceptors (Lipinski definition) is 6. The van der Waals surface area contributed by atoms with E-state index in [1.807, 2.05) is 0 Å². The minimum absolute atomic E-state index is 0.0625. The minimum atomic E-state index is -2.46. The fourth-order valence-electron chi connectivity index (χ4n) is 0. The van der Waals surface area contributed by atoms with Gasteiger partial charge in [0.1, 0.15) is 6.10 Å². The van der Waals surface area contributed by atoms with Crippen molar-refractivity contribution in [2.45, 2.75) is 45.1 Å². The summed E-state index contributed by atoms with van der Waals surface area (Å²) in [6.07, 6.45) is -1.15. The van der Waals surface area contributed by atoms with Crippen molar-refractivity contribution >= 4 is 0 Å². The quantitative estimate of drug-likeness (QED) is 0.288. The Morgan fingerprint density at radius 3 is 1.23 bits per heavy atom. The smallest absolute Gasteiger partial charge is 0.274 e. The van der Waals surface area contributed by atoms with Crippen molar-refractivity contribution in [2.75, 3.05) is 0 Å². The van der Waals surface area contributed by atoms with Gasteiger partial charge in [0.05, 0.1) is 0 Å². The molecule has 6 nitrogen and oxygen atoms in total. The first-order valence-electron chi connectivity index (χ1n) is 3.80. The first-order valence-corrected chi connectivity index (χ1v) is 3.80. The average molecular weight is 198 g/mol. The van der Waals surface area contributed by atoms with Crippen LogP contribution in [0.15, 0.2) is 0 Å². The maximum absolute atomic E-state index is 8.40. The van der Waals surface area contributed by atoms with Crippen LogP contribution in [0.3, 0.4) is 0 Å². The van der Waals surface area contributed by atoms with Crippen LogP contribution in [0.1, 0.15) is 27.2 Å². The zero-order valence-corrected chi connectivity index (χ0v) is 7.97. The van der Waals surface area contributed by atoms with E-state index >= 15 is 0 Å². The molecule has 0 radical (unpaired) electrons. The van der Waals surface area contributed by atoms with Crippen molar-refractivity contribution in [3.05, 3.63) is 0 Å². The van der Waals surface area contributed by atoms with E-state index < -0.39 is 17.9 Å². The standard InChI is InChI=1S/C4H10O3.C3H8O3/c1-3(5)4(2,6)7;1-2-3(4,5)6/h3,5-7H,1-2H3;4-6H,2H2,1H3. The van der Waals surface area contributed by atoms with Gasteiger partial charge >= 0.3 is 0 Å². The first-order chi connectivity index (χ1) is 5.50. The van der Waals surface area contributed by atoms with Gasteiger partial charge < -0.3 is 30.6 Å². The summed E-state index contributed by atoms with van der Waals surface area (Å²) < 4.78 is 0. The van der Waals surface area contributed by atoms with Gasteiger partial charge in [-0.1, -0.05) is 6.92 Å². The van der Waals surface area contributed by atoms with Crippen molar-refractivity contribution in [1.82, 2.24) is 0 Å². The van der Waals surface area contributed by atoms with Gasteiger partial charge in [0.15, 0.2) is 5.79 Å². The molecule has 6 heteroatoms. The molecule has 0 saturated carbocycles. The third-order valence-electron chi connectivity index (χ3n) is 1.27. The molecule has 0 rings (SSSR count). The second-order valence-electron chi connectivity index (χ2n) is 2.90. The summed E-state index contributed by atoms with van der Waals surface area (Å²) in [5.41, 5.74) is 0. The fraction of sp³-hybridized carbons (Fsp3) is 1.00. The Kier molecular flexibility index (Phi) is 6.43. The highest BCUT2D eigenvalue weighted by Gasteiger charge is 2.21. The van der Waals surface area contributed by atoms with E-state index in [0.717, 1.165) is 6.92 Å². The van der Waals surface area contributed by atoms with E-state index in [-0.39, 0.29) is 6.42 Å². The second kappa shape index (κ2) is 5.48. The molecule has 0 aliphatic heterocycles. The Labute approximate surface area is 76.7 Å². The SMILES string of the molecule is CC(O)C(C)(O)O.CCC(O)(O)O. The Balaban J connectivity index is 0. The van der Waals surface area contributed by atoms with Crippen molar-refractivity contribution in [3.63, 3.8) is 0 Å². The largest absolute Gasteiger partial charge is 0.388 e. The van der Waals surface area contributed by atoms with Crippen LogP contribution in [0.4, 0.5) is 0 Å². The molecule has 82 valence electrons. The summed E-state index contributed by atoms with van der Waals surface area (Å²) in [4.78, 5) is 0. The van der Waals surface area contributed by atoms with Gasteiger partial charge in [-0.15, -0.1) is 0 Å². The minimum Gasteiger partial charge on any atom is -0.388 e. The molecular weight excluding hydrogens is 180 g/mol. The van der Waals surface area contributed by atoms with E-state index in [1.165, 1.54) is 13.8 Å². The van der Waals surface area contributed by atoms with Crippen molar-refractivity contribution in [1.29, 1.82) is 0 Å². The maximum Gasteiger partial charge on any atom is 0.274 e. The molecule has 0 fully saturated rings. The Bertz CT molecular complexity index is 120. The third kappa shape index (κ3) is 14.6. The second-order valence-corrected chi connectivity index (χ2v) is 2.90. The number of aliphatic hydroxyl groups excluding tert-OH is 1. The molecule has 13 heavy (non-hydrogen) atoms. The van der Waals surface area contributed by atoms with E-state index in [2.05, 4.69) is 0 Å². The summed E-state index contributed by atoms with van der Waals surface area (Å²) in [6, 6.07) is 0. The number of hydrogen-bond donors (Lipinski definition) is 6. The van der Waals surface area contributed by atoms with Gasteiger partial charge in [0, 0.05) is 6.42 Å². The highest BCUT2D eigenvalue weighted by molar-refractivity contribution is 4.61. The van der Waals surface area contributed by atoms with Crippen molar-refractivity contribution < 1.29 is 30.6 Å². The maximum atomic E-state index is 8.40. The van der Waals surface area contributed by atoms with Crippen LogP contribution in [0.2, 0.25) is 0 Å². The van der Waals surface area contributed by atoms with Gasteiger partial charge in [-0.05, 0) is 13.8 Å². The van der Waals surface area contributed by atoms with Gasteiger partial charge in [0.2, 0.25) is 0 Å². The van der Waals surface area contributed by atoms with Gasteiger partial charge in [-0.3, -0.25) is 0 Å². The van der Waals surface area contributed by atoms with Crippen LogP contribution >= 0.6 is 0 Å². The lowest BCUT2D eigenvalue weighted by molar-refractivity contribution is -0.312. The molecule has 0 saturated heterocycles. The predicted octanol–water partition coefficient (Wildman–Crippen LogP) is -1.90. The molecule has 1 atom stereocenters. The van der Waals surface area contributed by atoms with E-state index in [9.17, 15) is 0 Å². The van der Waals surface area contributed by atoms with Crippen LogP contribution in [-0.2, 0) is 0 Å². The molecule has 0 aromatic rings. The van der Waals surface area contributed by atoms with Crippen LogP contribution in [0, 0.1) is 0 Å². The van der Waals surface area contributed by atoms with Crippen LogP contribution in [-0.4, -0.2) is 48.5 Å². The zero-order valence-electron chi connectivity index (χ0n) is 7.97. The van der Waals surface area contributed by atoms with E-state index in [4.69, 9.17) is 30.6 Å². The van der Waals surface area contributed by atoms with Crippen molar-refractivity contribution in [3.8, 4) is 0 Å². The highest BCUT2D eigenvalue weighted by atomic mass is 16.7. The molecule has 0 amide bonds. The molecule has 0 aromatic carbocycles. The normalized spacial score (nSPS) is 14.5. The fourth-order valence-corrected chi connectivity index (χ4v) is 0. The highest BCUT2D eigenvalue weighted by Crippen LogP contribution is 2.01. The van der Waals surface area contributed by atoms with E-state index in [1.54, 1.807) is 0 Å². The van der Waals surface area contributed by atoms with Gasteiger partial charge in [0.25, 0.3) is 5.97 Å². The molecule has 0 aromatic heterocycles. The number of aliphatic hydroxyl groups is 6. The van der Waals surface area contributed by atoms with Crippen molar-refractivity contribution in [2.24, 2.45) is 0 Å². The first kappa shape index (κ1) is 15.2. The molecule has 6 N–H and O–H groups in total. The molecule has 1 unspecified atom stereocenters. The predicted molar refractivity (Wildman–Crippen MR) is 44.2 cm³/mol. The van der Waals surface area contributed by atoms with Gasteiger partial charge in [-0.25, -0.2) is 0 Å². The Morgan fingerprint density at radius 2 is 1.23 bits per heavy atom.